The average Bonchev–Trinajstić information content (AvgIpc) is 2.74. The molecule has 4 heteroatoms. The van der Waals surface area contributed by atoms with E-state index in [1.54, 1.807) is 0 Å². The zero-order valence-corrected chi connectivity index (χ0v) is 19.6. The zero-order chi connectivity index (χ0) is 20.2. The Morgan fingerprint density at radius 3 is 1.71 bits per heavy atom. The molecule has 0 aliphatic rings. The monoisotopic (exact) mass is 456 g/mol. The van der Waals surface area contributed by atoms with E-state index in [4.69, 9.17) is 0 Å². The van der Waals surface area contributed by atoms with Gasteiger partial charge in [-0.05, 0) is 0 Å². The zero-order valence-electron chi connectivity index (χ0n) is 17.2. The minimum absolute atomic E-state index is 0.254. The number of hydrogen-bond acceptors (Lipinski definition) is 2. The fourth-order valence-electron chi connectivity index (χ4n) is 3.97. The van der Waals surface area contributed by atoms with Crippen LogP contribution in [0.2, 0.25) is 0 Å². The molecule has 1 atom stereocenters. The Morgan fingerprint density at radius 1 is 0.750 bits per heavy atom. The summed E-state index contributed by atoms with van der Waals surface area (Å²) in [6.45, 7) is 2.30. The minimum atomic E-state index is -2.87. The molecule has 1 unspecified atom stereocenters. The van der Waals surface area contributed by atoms with E-state index in [9.17, 15) is 0 Å². The Balaban J connectivity index is 2.20. The first-order valence-electron chi connectivity index (χ1n) is 9.66. The van der Waals surface area contributed by atoms with E-state index in [-0.39, 0.29) is 6.04 Å². The Bertz CT molecular complexity index is 888. The maximum atomic E-state index is 4.45. The van der Waals surface area contributed by atoms with Crippen molar-refractivity contribution in [2.45, 2.75) is 19.1 Å². The van der Waals surface area contributed by atoms with Crippen molar-refractivity contribution in [1.29, 1.82) is 0 Å². The van der Waals surface area contributed by atoms with Crippen molar-refractivity contribution >= 4 is 26.4 Å². The van der Waals surface area contributed by atoms with Gasteiger partial charge in [-0.3, -0.25) is 0 Å². The van der Waals surface area contributed by atoms with Crippen molar-refractivity contribution in [1.82, 2.24) is 9.34 Å². The van der Waals surface area contributed by atoms with Crippen LogP contribution in [0.4, 0.5) is 0 Å². The van der Waals surface area contributed by atoms with Crippen LogP contribution < -0.4 is 5.30 Å². The first-order valence-corrected chi connectivity index (χ1v) is 14.0. The van der Waals surface area contributed by atoms with E-state index in [0.29, 0.717) is 0 Å². The van der Waals surface area contributed by atoms with Gasteiger partial charge in [0.2, 0.25) is 0 Å². The summed E-state index contributed by atoms with van der Waals surface area (Å²) in [5.41, 5.74) is -0.213. The molecule has 0 fully saturated rings. The van der Waals surface area contributed by atoms with E-state index < -0.39 is 5.61 Å². The first kappa shape index (κ1) is 21.2. The van der Waals surface area contributed by atoms with Crippen LogP contribution in [-0.4, -0.2) is 30.5 Å². The topological polar surface area (TPSA) is 6.48 Å². The van der Waals surface area contributed by atoms with Crippen molar-refractivity contribution < 1.29 is 0 Å². The second-order valence-electron chi connectivity index (χ2n) is 7.57. The standard InChI is InChI=1S/C24H30BrN2P/c1-21(23-16-10-6-11-17-23)27(4)28(25,26(2)3,24-18-12-7-13-19-24)20-22-14-8-5-9-15-22/h5-19,21H,20H2,1-4H3. The fourth-order valence-corrected chi connectivity index (χ4v) is 10.9. The molecule has 0 saturated heterocycles. The summed E-state index contributed by atoms with van der Waals surface area (Å²) in [7, 11) is 6.67. The molecule has 0 amide bonds. The molecule has 0 spiro atoms. The molecular weight excluding hydrogens is 427 g/mol. The van der Waals surface area contributed by atoms with Crippen LogP contribution in [0.25, 0.3) is 0 Å². The summed E-state index contributed by atoms with van der Waals surface area (Å²) in [6.07, 6.45) is 0.928. The number of nitrogens with zero attached hydrogens (tertiary/aromatic N) is 2. The molecule has 0 bridgehead atoms. The van der Waals surface area contributed by atoms with Crippen LogP contribution >= 0.6 is 21.1 Å². The molecule has 0 aromatic heterocycles. The molecular formula is C24H30BrN2P. The SMILES string of the molecule is CC(c1ccccc1)N(C)P(Br)(Cc1ccccc1)(c1ccccc1)N(C)C. The van der Waals surface area contributed by atoms with Gasteiger partial charge in [0.1, 0.15) is 0 Å². The van der Waals surface area contributed by atoms with E-state index in [1.165, 1.54) is 16.4 Å². The van der Waals surface area contributed by atoms with Crippen molar-refractivity contribution in [2.24, 2.45) is 0 Å². The second kappa shape index (κ2) is 8.47. The summed E-state index contributed by atoms with van der Waals surface area (Å²) in [5, 5.41) is 1.34. The van der Waals surface area contributed by atoms with Crippen LogP contribution in [-0.2, 0) is 6.16 Å². The van der Waals surface area contributed by atoms with E-state index >= 15 is 0 Å². The quantitative estimate of drug-likeness (QED) is 0.376. The summed E-state index contributed by atoms with van der Waals surface area (Å²) in [4.78, 5) is 0. The molecule has 0 aliphatic carbocycles. The van der Waals surface area contributed by atoms with Gasteiger partial charge < -0.3 is 0 Å². The number of rotatable bonds is 7. The van der Waals surface area contributed by atoms with Gasteiger partial charge in [-0.2, -0.15) is 0 Å². The van der Waals surface area contributed by atoms with Gasteiger partial charge in [-0.25, -0.2) is 0 Å². The third kappa shape index (κ3) is 3.69. The van der Waals surface area contributed by atoms with Gasteiger partial charge in [0.05, 0.1) is 0 Å². The molecule has 0 radical (unpaired) electrons. The van der Waals surface area contributed by atoms with Gasteiger partial charge in [0.25, 0.3) is 0 Å². The predicted molar refractivity (Wildman–Crippen MR) is 128 cm³/mol. The Kier molecular flexibility index (Phi) is 6.41. The normalized spacial score (nSPS) is 14.6. The third-order valence-electron chi connectivity index (χ3n) is 5.87. The van der Waals surface area contributed by atoms with Crippen molar-refractivity contribution in [3.05, 3.63) is 102 Å². The number of hydrogen-bond donors (Lipinski definition) is 0. The summed E-state index contributed by atoms with van der Waals surface area (Å²) < 4.78 is 5.00. The van der Waals surface area contributed by atoms with Crippen molar-refractivity contribution in [3.63, 3.8) is 0 Å². The predicted octanol–water partition coefficient (Wildman–Crippen LogP) is 6.46. The molecule has 0 heterocycles. The maximum absolute atomic E-state index is 4.45. The average molecular weight is 457 g/mol. The number of benzene rings is 3. The Labute approximate surface area is 178 Å². The van der Waals surface area contributed by atoms with E-state index in [0.717, 1.165) is 6.16 Å². The van der Waals surface area contributed by atoms with Crippen molar-refractivity contribution in [3.8, 4) is 0 Å². The Hall–Kier alpha value is -1.51. The van der Waals surface area contributed by atoms with Gasteiger partial charge >= 0.3 is 178 Å². The van der Waals surface area contributed by atoms with E-state index in [2.05, 4.69) is 144 Å². The molecule has 2 nitrogen and oxygen atoms in total. The molecule has 3 aromatic rings. The van der Waals surface area contributed by atoms with Gasteiger partial charge in [0.15, 0.2) is 0 Å². The molecule has 0 N–H and O–H groups in total. The molecule has 3 rings (SSSR count). The number of halogens is 1. The fraction of sp³-hybridized carbons (Fsp3) is 0.250. The van der Waals surface area contributed by atoms with Crippen LogP contribution in [0.5, 0.6) is 0 Å². The van der Waals surface area contributed by atoms with E-state index in [1.807, 2.05) is 0 Å². The molecule has 28 heavy (non-hydrogen) atoms. The second-order valence-corrected chi connectivity index (χ2v) is 16.5. The molecule has 0 aliphatic heterocycles. The summed E-state index contributed by atoms with van der Waals surface area (Å²) >= 11 is 4.45. The van der Waals surface area contributed by atoms with Crippen LogP contribution in [0, 0.1) is 0 Å². The first-order chi connectivity index (χ1) is 13.4. The molecule has 0 saturated carbocycles. The van der Waals surface area contributed by atoms with Gasteiger partial charge in [-0.15, -0.1) is 0 Å². The van der Waals surface area contributed by atoms with Gasteiger partial charge in [-0.1, -0.05) is 0 Å². The summed E-state index contributed by atoms with van der Waals surface area (Å²) in [5.74, 6) is 0. The molecule has 3 aromatic carbocycles. The summed E-state index contributed by atoms with van der Waals surface area (Å²) in [6, 6.07) is 32.8. The van der Waals surface area contributed by atoms with Crippen LogP contribution in [0.3, 0.4) is 0 Å². The Morgan fingerprint density at radius 2 is 1.21 bits per heavy atom. The molecule has 148 valence electrons. The van der Waals surface area contributed by atoms with Crippen LogP contribution in [0.1, 0.15) is 24.1 Å². The van der Waals surface area contributed by atoms with Crippen LogP contribution in [0.15, 0.2) is 91.0 Å². The van der Waals surface area contributed by atoms with Gasteiger partial charge in [0, 0.05) is 0 Å². The third-order valence-corrected chi connectivity index (χ3v) is 16.8. The van der Waals surface area contributed by atoms with Crippen molar-refractivity contribution in [2.75, 3.05) is 21.1 Å².